The lowest BCUT2D eigenvalue weighted by Crippen LogP contribution is -2.20. The van der Waals surface area contributed by atoms with Crippen LogP contribution in [0.5, 0.6) is 11.5 Å². The van der Waals surface area contributed by atoms with E-state index in [0.717, 1.165) is 46.5 Å². The summed E-state index contributed by atoms with van der Waals surface area (Å²) < 4.78 is 12.4. The number of amides is 2. The summed E-state index contributed by atoms with van der Waals surface area (Å²) in [6.45, 7) is 0.582. The normalized spacial score (nSPS) is 17.9. The Kier molecular flexibility index (Phi) is 8.03. The third-order valence-corrected chi connectivity index (χ3v) is 7.47. The van der Waals surface area contributed by atoms with E-state index in [4.69, 9.17) is 9.47 Å². The van der Waals surface area contributed by atoms with Crippen LogP contribution in [0.2, 0.25) is 0 Å². The summed E-state index contributed by atoms with van der Waals surface area (Å²) in [5, 5.41) is 12.0. The van der Waals surface area contributed by atoms with Gasteiger partial charge < -0.3 is 9.47 Å². The standard InChI is InChI=1S/C34H30N4O4/c39-23-37-31(21-29(35-37)25-11-3-1-4-12-25)27-15-7-9-17-33(27)41-19-20-42-34-18-10-8-16-28(34)32-22-30(36-38(32)24-40)26-13-5-2-6-14-26/h1-18,23-24,31-32H,19-22H2. The predicted molar refractivity (Wildman–Crippen MR) is 160 cm³/mol. The topological polar surface area (TPSA) is 83.8 Å². The van der Waals surface area contributed by atoms with Gasteiger partial charge in [0.15, 0.2) is 0 Å². The molecule has 0 saturated heterocycles. The summed E-state index contributed by atoms with van der Waals surface area (Å²) in [5.41, 5.74) is 5.48. The molecule has 2 amide bonds. The molecule has 2 unspecified atom stereocenters. The van der Waals surface area contributed by atoms with Crippen LogP contribution in [-0.2, 0) is 9.59 Å². The number of rotatable bonds is 11. The molecular weight excluding hydrogens is 528 g/mol. The van der Waals surface area contributed by atoms with Crippen molar-refractivity contribution in [1.82, 2.24) is 10.0 Å². The Balaban J connectivity index is 1.11. The van der Waals surface area contributed by atoms with E-state index in [1.807, 2.05) is 109 Å². The fourth-order valence-electron chi connectivity index (χ4n) is 5.44. The summed E-state index contributed by atoms with van der Waals surface area (Å²) in [6, 6.07) is 34.7. The van der Waals surface area contributed by atoms with Crippen molar-refractivity contribution < 1.29 is 19.1 Å². The van der Waals surface area contributed by atoms with Crippen LogP contribution >= 0.6 is 0 Å². The average Bonchev–Trinajstić information content (AvgIpc) is 3.69. The first-order valence-electron chi connectivity index (χ1n) is 13.9. The molecule has 0 saturated carbocycles. The molecule has 2 aliphatic rings. The van der Waals surface area contributed by atoms with Crippen LogP contribution in [0.25, 0.3) is 0 Å². The Hall–Kier alpha value is -5.24. The van der Waals surface area contributed by atoms with Crippen molar-refractivity contribution in [2.24, 2.45) is 10.2 Å². The molecule has 0 fully saturated rings. The van der Waals surface area contributed by atoms with Gasteiger partial charge in [0.1, 0.15) is 24.7 Å². The fraction of sp³-hybridized carbons (Fsp3) is 0.176. The summed E-state index contributed by atoms with van der Waals surface area (Å²) in [6.07, 6.45) is 2.70. The summed E-state index contributed by atoms with van der Waals surface area (Å²) in [4.78, 5) is 23.8. The van der Waals surface area contributed by atoms with Crippen molar-refractivity contribution in [3.63, 3.8) is 0 Å². The third kappa shape index (κ3) is 5.65. The summed E-state index contributed by atoms with van der Waals surface area (Å²) >= 11 is 0. The Labute approximate surface area is 244 Å². The van der Waals surface area contributed by atoms with E-state index in [2.05, 4.69) is 10.2 Å². The maximum Gasteiger partial charge on any atom is 0.230 e. The molecule has 0 N–H and O–H groups in total. The predicted octanol–water partition coefficient (Wildman–Crippen LogP) is 5.76. The van der Waals surface area contributed by atoms with E-state index in [1.54, 1.807) is 0 Å². The van der Waals surface area contributed by atoms with Crippen molar-refractivity contribution >= 4 is 24.2 Å². The zero-order valence-corrected chi connectivity index (χ0v) is 23.0. The van der Waals surface area contributed by atoms with Gasteiger partial charge in [0.2, 0.25) is 12.8 Å². The van der Waals surface area contributed by atoms with Crippen LogP contribution in [-0.4, -0.2) is 47.5 Å². The van der Waals surface area contributed by atoms with Crippen molar-refractivity contribution in [1.29, 1.82) is 0 Å². The van der Waals surface area contributed by atoms with E-state index in [0.29, 0.717) is 37.6 Å². The van der Waals surface area contributed by atoms with E-state index in [9.17, 15) is 9.59 Å². The van der Waals surface area contributed by atoms with Gasteiger partial charge in [0.25, 0.3) is 0 Å². The van der Waals surface area contributed by atoms with Crippen molar-refractivity contribution in [2.45, 2.75) is 24.9 Å². The van der Waals surface area contributed by atoms with Crippen LogP contribution in [0.1, 0.15) is 47.2 Å². The largest absolute Gasteiger partial charge is 0.490 e. The lowest BCUT2D eigenvalue weighted by molar-refractivity contribution is -0.120. The van der Waals surface area contributed by atoms with Gasteiger partial charge in [-0.25, -0.2) is 10.0 Å². The van der Waals surface area contributed by atoms with Gasteiger partial charge in [-0.05, 0) is 23.3 Å². The lowest BCUT2D eigenvalue weighted by atomic mass is 9.98. The summed E-state index contributed by atoms with van der Waals surface area (Å²) in [5.74, 6) is 1.36. The molecule has 2 heterocycles. The SMILES string of the molecule is O=CN1N=C(c2ccccc2)CC1c1ccccc1OCCOc1ccccc1C1CC(c2ccccc2)=NN1C=O. The van der Waals surface area contributed by atoms with Crippen molar-refractivity contribution in [3.8, 4) is 11.5 Å². The van der Waals surface area contributed by atoms with E-state index in [-0.39, 0.29) is 12.1 Å². The van der Waals surface area contributed by atoms with Crippen LogP contribution in [0.3, 0.4) is 0 Å². The molecule has 42 heavy (non-hydrogen) atoms. The highest BCUT2D eigenvalue weighted by atomic mass is 16.5. The second-order valence-corrected chi connectivity index (χ2v) is 10.0. The van der Waals surface area contributed by atoms with Crippen molar-refractivity contribution in [3.05, 3.63) is 131 Å². The van der Waals surface area contributed by atoms with Crippen LogP contribution < -0.4 is 9.47 Å². The quantitative estimate of drug-likeness (QED) is 0.173. The highest BCUT2D eigenvalue weighted by molar-refractivity contribution is 6.03. The second-order valence-electron chi connectivity index (χ2n) is 10.0. The smallest absolute Gasteiger partial charge is 0.230 e. The first-order valence-corrected chi connectivity index (χ1v) is 13.9. The highest BCUT2D eigenvalue weighted by Crippen LogP contribution is 2.38. The number of hydrazone groups is 2. The molecule has 0 aliphatic carbocycles. The molecule has 4 aromatic carbocycles. The van der Waals surface area contributed by atoms with E-state index >= 15 is 0 Å². The van der Waals surface area contributed by atoms with Gasteiger partial charge in [0, 0.05) is 24.0 Å². The zero-order valence-electron chi connectivity index (χ0n) is 23.0. The second kappa shape index (κ2) is 12.5. The Morgan fingerprint density at radius 2 is 0.952 bits per heavy atom. The molecule has 0 radical (unpaired) electrons. The van der Waals surface area contributed by atoms with Gasteiger partial charge in [-0.2, -0.15) is 10.2 Å². The molecule has 0 spiro atoms. The van der Waals surface area contributed by atoms with Gasteiger partial charge in [-0.15, -0.1) is 0 Å². The highest BCUT2D eigenvalue weighted by Gasteiger charge is 2.32. The van der Waals surface area contributed by atoms with Gasteiger partial charge >= 0.3 is 0 Å². The molecule has 6 rings (SSSR count). The molecule has 0 bridgehead atoms. The van der Waals surface area contributed by atoms with Gasteiger partial charge in [0.05, 0.1) is 23.5 Å². The minimum atomic E-state index is -0.258. The molecule has 0 aromatic heterocycles. The number of carbonyl (C=O) groups is 2. The van der Waals surface area contributed by atoms with Crippen LogP contribution in [0, 0.1) is 0 Å². The molecule has 8 nitrogen and oxygen atoms in total. The number of benzene rings is 4. The lowest BCUT2D eigenvalue weighted by Gasteiger charge is -2.22. The number of hydrogen-bond acceptors (Lipinski definition) is 6. The van der Waals surface area contributed by atoms with Gasteiger partial charge in [-0.3, -0.25) is 9.59 Å². The molecule has 4 aromatic rings. The minimum Gasteiger partial charge on any atom is -0.490 e. The first kappa shape index (κ1) is 27.0. The Bertz CT molecular complexity index is 1490. The number of carbonyl (C=O) groups excluding carboxylic acids is 2. The average molecular weight is 559 g/mol. The Morgan fingerprint density at radius 3 is 1.36 bits per heavy atom. The number of para-hydroxylation sites is 2. The number of nitrogens with zero attached hydrogens (tertiary/aromatic N) is 4. The molecular formula is C34H30N4O4. The molecule has 2 atom stereocenters. The van der Waals surface area contributed by atoms with Crippen molar-refractivity contribution in [2.75, 3.05) is 13.2 Å². The minimum absolute atomic E-state index is 0.258. The maximum atomic E-state index is 11.9. The Morgan fingerprint density at radius 1 is 0.571 bits per heavy atom. The first-order chi connectivity index (χ1) is 20.7. The number of hydrogen-bond donors (Lipinski definition) is 0. The third-order valence-electron chi connectivity index (χ3n) is 7.47. The molecule has 210 valence electrons. The monoisotopic (exact) mass is 558 g/mol. The maximum absolute atomic E-state index is 11.9. The van der Waals surface area contributed by atoms with Crippen LogP contribution in [0.4, 0.5) is 0 Å². The molecule has 2 aliphatic heterocycles. The van der Waals surface area contributed by atoms with Gasteiger partial charge in [-0.1, -0.05) is 97.1 Å². The zero-order chi connectivity index (χ0) is 28.7. The number of ether oxygens (including phenoxy) is 2. The fourth-order valence-corrected chi connectivity index (χ4v) is 5.44. The summed E-state index contributed by atoms with van der Waals surface area (Å²) in [7, 11) is 0. The van der Waals surface area contributed by atoms with Crippen LogP contribution in [0.15, 0.2) is 119 Å². The van der Waals surface area contributed by atoms with E-state index in [1.165, 1.54) is 10.0 Å². The molecule has 8 heteroatoms. The van der Waals surface area contributed by atoms with E-state index < -0.39 is 0 Å².